The number of carbonyl (C=O) groups is 1. The minimum absolute atomic E-state index is 0.149. The standard InChI is InChI=1S/C13H24N2O3/c1-11(15-4-8-18-9-5-15)10-14-13(16)12-2-6-17-7-3-12/h11-12H,2-10H2,1H3,(H,14,16). The van der Waals surface area contributed by atoms with Crippen LogP contribution in [0.5, 0.6) is 0 Å². The Bertz CT molecular complexity index is 261. The first-order valence-corrected chi connectivity index (χ1v) is 6.94. The van der Waals surface area contributed by atoms with Gasteiger partial charge in [0.05, 0.1) is 13.2 Å². The average molecular weight is 256 g/mol. The van der Waals surface area contributed by atoms with Gasteiger partial charge in [-0.3, -0.25) is 9.69 Å². The van der Waals surface area contributed by atoms with E-state index in [2.05, 4.69) is 17.1 Å². The highest BCUT2D eigenvalue weighted by Gasteiger charge is 2.23. The molecule has 2 aliphatic heterocycles. The van der Waals surface area contributed by atoms with E-state index in [1.54, 1.807) is 0 Å². The second kappa shape index (κ2) is 7.07. The lowest BCUT2D eigenvalue weighted by Crippen LogP contribution is -2.48. The van der Waals surface area contributed by atoms with Crippen molar-refractivity contribution in [3.8, 4) is 0 Å². The Morgan fingerprint density at radius 3 is 2.50 bits per heavy atom. The normalized spacial score (nSPS) is 24.7. The fourth-order valence-electron chi connectivity index (χ4n) is 2.50. The molecule has 5 nitrogen and oxygen atoms in total. The fourth-order valence-corrected chi connectivity index (χ4v) is 2.50. The zero-order valence-corrected chi connectivity index (χ0v) is 11.2. The minimum Gasteiger partial charge on any atom is -0.381 e. The van der Waals surface area contributed by atoms with Gasteiger partial charge < -0.3 is 14.8 Å². The van der Waals surface area contributed by atoms with Crippen molar-refractivity contribution in [3.63, 3.8) is 0 Å². The van der Waals surface area contributed by atoms with Crippen LogP contribution in [0.2, 0.25) is 0 Å². The van der Waals surface area contributed by atoms with Crippen LogP contribution >= 0.6 is 0 Å². The third-order valence-electron chi connectivity index (χ3n) is 3.83. The number of nitrogens with zero attached hydrogens (tertiary/aromatic N) is 1. The van der Waals surface area contributed by atoms with E-state index in [1.165, 1.54) is 0 Å². The second-order valence-corrected chi connectivity index (χ2v) is 5.13. The van der Waals surface area contributed by atoms with Gasteiger partial charge >= 0.3 is 0 Å². The molecule has 0 aromatic heterocycles. The predicted molar refractivity (Wildman–Crippen MR) is 68.4 cm³/mol. The number of ether oxygens (including phenoxy) is 2. The summed E-state index contributed by atoms with van der Waals surface area (Å²) in [5.74, 6) is 0.342. The zero-order valence-electron chi connectivity index (χ0n) is 11.2. The van der Waals surface area contributed by atoms with Gasteiger partial charge in [-0.1, -0.05) is 0 Å². The van der Waals surface area contributed by atoms with Gasteiger partial charge in [0.2, 0.25) is 5.91 Å². The number of carbonyl (C=O) groups excluding carboxylic acids is 1. The SMILES string of the molecule is CC(CNC(=O)C1CCOCC1)N1CCOCC1. The predicted octanol–water partition coefficient (Wildman–Crippen LogP) is 0.250. The van der Waals surface area contributed by atoms with Crippen LogP contribution in [0.4, 0.5) is 0 Å². The van der Waals surface area contributed by atoms with Gasteiger partial charge in [-0.25, -0.2) is 0 Å². The van der Waals surface area contributed by atoms with Crippen LogP contribution in [0.15, 0.2) is 0 Å². The van der Waals surface area contributed by atoms with E-state index < -0.39 is 0 Å². The second-order valence-electron chi connectivity index (χ2n) is 5.13. The van der Waals surface area contributed by atoms with Crippen LogP contribution in [0.1, 0.15) is 19.8 Å². The molecule has 1 unspecified atom stereocenters. The van der Waals surface area contributed by atoms with Gasteiger partial charge in [0, 0.05) is 44.8 Å². The Morgan fingerprint density at radius 2 is 1.83 bits per heavy atom. The summed E-state index contributed by atoms with van der Waals surface area (Å²) in [5.41, 5.74) is 0. The average Bonchev–Trinajstić information content (AvgIpc) is 2.46. The molecule has 5 heteroatoms. The van der Waals surface area contributed by atoms with Crippen LogP contribution in [0.25, 0.3) is 0 Å². The molecular weight excluding hydrogens is 232 g/mol. The van der Waals surface area contributed by atoms with Crippen molar-refractivity contribution in [2.45, 2.75) is 25.8 Å². The number of amides is 1. The largest absolute Gasteiger partial charge is 0.381 e. The number of hydrogen-bond donors (Lipinski definition) is 1. The first-order valence-electron chi connectivity index (χ1n) is 6.94. The molecule has 0 radical (unpaired) electrons. The fraction of sp³-hybridized carbons (Fsp3) is 0.923. The molecule has 2 rings (SSSR count). The molecular formula is C13H24N2O3. The summed E-state index contributed by atoms with van der Waals surface area (Å²) in [6.45, 7) is 7.87. The lowest BCUT2D eigenvalue weighted by molar-refractivity contribution is -0.128. The Labute approximate surface area is 109 Å². The number of morpholine rings is 1. The van der Waals surface area contributed by atoms with Gasteiger partial charge in [-0.15, -0.1) is 0 Å². The van der Waals surface area contributed by atoms with Crippen LogP contribution < -0.4 is 5.32 Å². The summed E-state index contributed by atoms with van der Waals surface area (Å²) >= 11 is 0. The maximum absolute atomic E-state index is 12.0. The molecule has 0 aromatic rings. The molecule has 2 aliphatic rings. The van der Waals surface area contributed by atoms with Crippen LogP contribution in [-0.4, -0.2) is 62.9 Å². The molecule has 0 aromatic carbocycles. The molecule has 104 valence electrons. The molecule has 1 N–H and O–H groups in total. The van der Waals surface area contributed by atoms with E-state index in [0.717, 1.165) is 58.9 Å². The van der Waals surface area contributed by atoms with Gasteiger partial charge in [-0.2, -0.15) is 0 Å². The molecule has 1 atom stereocenters. The van der Waals surface area contributed by atoms with Crippen molar-refractivity contribution in [2.24, 2.45) is 5.92 Å². The summed E-state index contributed by atoms with van der Waals surface area (Å²) in [4.78, 5) is 14.3. The van der Waals surface area contributed by atoms with E-state index >= 15 is 0 Å². The zero-order chi connectivity index (χ0) is 12.8. The molecule has 2 saturated heterocycles. The van der Waals surface area contributed by atoms with Gasteiger partial charge in [0.15, 0.2) is 0 Å². The van der Waals surface area contributed by atoms with Gasteiger partial charge in [0.25, 0.3) is 0 Å². The van der Waals surface area contributed by atoms with E-state index in [-0.39, 0.29) is 11.8 Å². The molecule has 0 aliphatic carbocycles. The molecule has 2 heterocycles. The van der Waals surface area contributed by atoms with Crippen molar-refractivity contribution in [1.29, 1.82) is 0 Å². The highest BCUT2D eigenvalue weighted by molar-refractivity contribution is 5.78. The van der Waals surface area contributed by atoms with Crippen molar-refractivity contribution in [1.82, 2.24) is 10.2 Å². The van der Waals surface area contributed by atoms with E-state index in [0.29, 0.717) is 6.04 Å². The van der Waals surface area contributed by atoms with Crippen LogP contribution in [0.3, 0.4) is 0 Å². The maximum Gasteiger partial charge on any atom is 0.223 e. The summed E-state index contributed by atoms with van der Waals surface area (Å²) in [6.07, 6.45) is 1.72. The maximum atomic E-state index is 12.0. The molecule has 0 saturated carbocycles. The smallest absolute Gasteiger partial charge is 0.223 e. The quantitative estimate of drug-likeness (QED) is 0.783. The topological polar surface area (TPSA) is 50.8 Å². The lowest BCUT2D eigenvalue weighted by Gasteiger charge is -2.32. The Hall–Kier alpha value is -0.650. The van der Waals surface area contributed by atoms with E-state index in [9.17, 15) is 4.79 Å². The summed E-state index contributed by atoms with van der Waals surface area (Å²) in [5, 5.41) is 3.07. The van der Waals surface area contributed by atoms with Crippen molar-refractivity contribution in [3.05, 3.63) is 0 Å². The molecule has 0 spiro atoms. The van der Waals surface area contributed by atoms with E-state index in [4.69, 9.17) is 9.47 Å². The Balaban J connectivity index is 1.67. The van der Waals surface area contributed by atoms with Gasteiger partial charge in [0.1, 0.15) is 0 Å². The highest BCUT2D eigenvalue weighted by atomic mass is 16.5. The number of rotatable bonds is 4. The van der Waals surface area contributed by atoms with Gasteiger partial charge in [-0.05, 0) is 19.8 Å². The minimum atomic E-state index is 0.149. The first-order chi connectivity index (χ1) is 8.77. The number of hydrogen-bond acceptors (Lipinski definition) is 4. The first kappa shape index (κ1) is 13.8. The molecule has 2 fully saturated rings. The van der Waals surface area contributed by atoms with Crippen molar-refractivity contribution >= 4 is 5.91 Å². The third kappa shape index (κ3) is 3.93. The summed E-state index contributed by atoms with van der Waals surface area (Å²) in [6, 6.07) is 0.387. The number of nitrogens with one attached hydrogen (secondary N) is 1. The molecule has 18 heavy (non-hydrogen) atoms. The van der Waals surface area contributed by atoms with Crippen LogP contribution in [-0.2, 0) is 14.3 Å². The molecule has 0 bridgehead atoms. The monoisotopic (exact) mass is 256 g/mol. The van der Waals surface area contributed by atoms with Crippen LogP contribution in [0, 0.1) is 5.92 Å². The summed E-state index contributed by atoms with van der Waals surface area (Å²) < 4.78 is 10.6. The highest BCUT2D eigenvalue weighted by Crippen LogP contribution is 2.14. The van der Waals surface area contributed by atoms with Crippen molar-refractivity contribution < 1.29 is 14.3 Å². The summed E-state index contributed by atoms with van der Waals surface area (Å²) in [7, 11) is 0. The van der Waals surface area contributed by atoms with Crippen molar-refractivity contribution in [2.75, 3.05) is 46.1 Å². The Morgan fingerprint density at radius 1 is 1.22 bits per heavy atom. The Kier molecular flexibility index (Phi) is 5.41. The van der Waals surface area contributed by atoms with E-state index in [1.807, 2.05) is 0 Å². The third-order valence-corrected chi connectivity index (χ3v) is 3.83. The molecule has 1 amide bonds. The lowest BCUT2D eigenvalue weighted by atomic mass is 9.99.